The van der Waals surface area contributed by atoms with Crippen LogP contribution >= 0.6 is 0 Å². The van der Waals surface area contributed by atoms with Gasteiger partial charge in [0.2, 0.25) is 5.91 Å². The van der Waals surface area contributed by atoms with Gasteiger partial charge in [-0.05, 0) is 24.5 Å². The van der Waals surface area contributed by atoms with E-state index in [2.05, 4.69) is 4.98 Å². The van der Waals surface area contributed by atoms with Gasteiger partial charge in [0.25, 0.3) is 0 Å². The van der Waals surface area contributed by atoms with Crippen molar-refractivity contribution in [1.82, 2.24) is 4.98 Å². The van der Waals surface area contributed by atoms with Crippen LogP contribution in [-0.4, -0.2) is 17.9 Å². The summed E-state index contributed by atoms with van der Waals surface area (Å²) in [6, 6.07) is 11.7. The molecule has 0 bridgehead atoms. The van der Waals surface area contributed by atoms with Crippen LogP contribution in [0.15, 0.2) is 48.8 Å². The van der Waals surface area contributed by atoms with E-state index in [9.17, 15) is 4.79 Å². The smallest absolute Gasteiger partial charge is 0.237 e. The number of nitrogens with zero attached hydrogens (tertiary/aromatic N) is 2. The molecule has 1 aliphatic rings. The van der Waals surface area contributed by atoms with Crippen LogP contribution in [0.2, 0.25) is 0 Å². The van der Waals surface area contributed by atoms with Gasteiger partial charge in [-0.3, -0.25) is 9.78 Å². The van der Waals surface area contributed by atoms with Crippen LogP contribution in [0.5, 0.6) is 0 Å². The lowest BCUT2D eigenvalue weighted by atomic mass is 9.94. The fraction of sp³-hybridized carbons (Fsp3) is 0.250. The summed E-state index contributed by atoms with van der Waals surface area (Å²) in [4.78, 5) is 18.4. The highest BCUT2D eigenvalue weighted by Crippen LogP contribution is 2.50. The maximum atomic E-state index is 12.8. The molecule has 0 aliphatic heterocycles. The first-order valence-corrected chi connectivity index (χ1v) is 6.68. The average Bonchev–Trinajstić information content (AvgIpc) is 3.29. The Labute approximate surface area is 118 Å². The first-order chi connectivity index (χ1) is 9.65. The summed E-state index contributed by atoms with van der Waals surface area (Å²) in [6.45, 7) is 0. The van der Waals surface area contributed by atoms with Crippen molar-refractivity contribution in [3.05, 3.63) is 54.4 Å². The number of carbonyl (C=O) groups is 1. The van der Waals surface area contributed by atoms with Crippen molar-refractivity contribution in [2.24, 2.45) is 0 Å². The highest BCUT2D eigenvalue weighted by molar-refractivity contribution is 6.04. The van der Waals surface area contributed by atoms with E-state index in [4.69, 9.17) is 5.73 Å². The van der Waals surface area contributed by atoms with Crippen LogP contribution in [0.4, 0.5) is 11.4 Å². The number of pyridine rings is 1. The Morgan fingerprint density at radius 3 is 2.55 bits per heavy atom. The van der Waals surface area contributed by atoms with Crippen LogP contribution < -0.4 is 10.6 Å². The molecule has 1 heterocycles. The van der Waals surface area contributed by atoms with Gasteiger partial charge in [0.1, 0.15) is 0 Å². The van der Waals surface area contributed by atoms with Gasteiger partial charge in [0.15, 0.2) is 0 Å². The number of hydrogen-bond donors (Lipinski definition) is 1. The topological polar surface area (TPSA) is 59.2 Å². The number of likely N-dealkylation sites (N-methyl/N-ethyl adjacent to an activating group) is 1. The second-order valence-corrected chi connectivity index (χ2v) is 5.25. The third kappa shape index (κ3) is 1.93. The van der Waals surface area contributed by atoms with E-state index in [1.54, 1.807) is 30.4 Å². The monoisotopic (exact) mass is 267 g/mol. The van der Waals surface area contributed by atoms with Gasteiger partial charge >= 0.3 is 0 Å². The molecule has 2 N–H and O–H groups in total. The predicted molar refractivity (Wildman–Crippen MR) is 79.4 cm³/mol. The second kappa shape index (κ2) is 4.63. The first-order valence-electron chi connectivity index (χ1n) is 6.68. The molecule has 4 nitrogen and oxygen atoms in total. The summed E-state index contributed by atoms with van der Waals surface area (Å²) in [5, 5.41) is 0. The van der Waals surface area contributed by atoms with E-state index in [-0.39, 0.29) is 11.3 Å². The zero-order valence-electron chi connectivity index (χ0n) is 11.4. The van der Waals surface area contributed by atoms with Crippen molar-refractivity contribution in [1.29, 1.82) is 0 Å². The normalized spacial score (nSPS) is 15.7. The molecule has 1 amide bonds. The molecular formula is C16H17N3O. The zero-order chi connectivity index (χ0) is 14.2. The van der Waals surface area contributed by atoms with Gasteiger partial charge in [-0.2, -0.15) is 0 Å². The minimum Gasteiger partial charge on any atom is -0.396 e. The maximum Gasteiger partial charge on any atom is 0.237 e. The number of hydrogen-bond acceptors (Lipinski definition) is 3. The van der Waals surface area contributed by atoms with Crippen LogP contribution in [0.1, 0.15) is 18.4 Å². The molecule has 20 heavy (non-hydrogen) atoms. The molecule has 0 saturated heterocycles. The Bertz CT molecular complexity index is 635. The highest BCUT2D eigenvalue weighted by Gasteiger charge is 2.52. The number of nitrogen functional groups attached to an aromatic ring is 1. The molecule has 1 aromatic heterocycles. The molecule has 0 spiro atoms. The summed E-state index contributed by atoms with van der Waals surface area (Å²) in [5.41, 5.74) is 7.86. The number of anilines is 2. The predicted octanol–water partition coefficient (Wildman–Crippen LogP) is 2.36. The van der Waals surface area contributed by atoms with E-state index < -0.39 is 0 Å². The molecule has 3 rings (SSSR count). The van der Waals surface area contributed by atoms with E-state index in [0.29, 0.717) is 11.4 Å². The number of carbonyl (C=O) groups excluding carboxylic acids is 1. The van der Waals surface area contributed by atoms with Crippen molar-refractivity contribution < 1.29 is 4.79 Å². The number of aromatic nitrogens is 1. The van der Waals surface area contributed by atoms with Gasteiger partial charge in [0, 0.05) is 13.2 Å². The van der Waals surface area contributed by atoms with Crippen molar-refractivity contribution in [3.8, 4) is 0 Å². The number of amides is 1. The number of rotatable bonds is 3. The molecule has 1 fully saturated rings. The molecule has 2 aromatic rings. The van der Waals surface area contributed by atoms with E-state index in [1.807, 2.05) is 30.3 Å². The molecular weight excluding hydrogens is 250 g/mol. The fourth-order valence-corrected chi connectivity index (χ4v) is 2.64. The summed E-state index contributed by atoms with van der Waals surface area (Å²) in [5.74, 6) is 0.0987. The Balaban J connectivity index is 1.92. The standard InChI is InChI=1S/C16H17N3O/c1-19(14-7-10-18-11-13(14)17)15(20)16(8-9-16)12-5-3-2-4-6-12/h2-7,10-11H,8-9,17H2,1H3. The summed E-state index contributed by atoms with van der Waals surface area (Å²) in [7, 11) is 1.77. The SMILES string of the molecule is CN(C(=O)C1(c2ccccc2)CC1)c1ccncc1N. The molecule has 0 radical (unpaired) electrons. The minimum atomic E-state index is -0.369. The van der Waals surface area contributed by atoms with E-state index >= 15 is 0 Å². The first kappa shape index (κ1) is 12.7. The second-order valence-electron chi connectivity index (χ2n) is 5.25. The zero-order valence-corrected chi connectivity index (χ0v) is 11.4. The Morgan fingerprint density at radius 1 is 1.25 bits per heavy atom. The maximum absolute atomic E-state index is 12.8. The molecule has 102 valence electrons. The lowest BCUT2D eigenvalue weighted by Crippen LogP contribution is -2.37. The third-order valence-electron chi connectivity index (χ3n) is 3.98. The number of nitrogens with two attached hydrogens (primary N) is 1. The molecule has 1 aliphatic carbocycles. The molecule has 1 saturated carbocycles. The van der Waals surface area contributed by atoms with Gasteiger partial charge < -0.3 is 10.6 Å². The van der Waals surface area contributed by atoms with Crippen LogP contribution in [0.25, 0.3) is 0 Å². The summed E-state index contributed by atoms with van der Waals surface area (Å²) < 4.78 is 0. The Kier molecular flexibility index (Phi) is 2.93. The van der Waals surface area contributed by atoms with E-state index in [1.165, 1.54) is 0 Å². The Morgan fingerprint density at radius 2 is 1.95 bits per heavy atom. The Hall–Kier alpha value is -2.36. The lowest BCUT2D eigenvalue weighted by molar-refractivity contribution is -0.120. The quantitative estimate of drug-likeness (QED) is 0.928. The lowest BCUT2D eigenvalue weighted by Gasteiger charge is -2.24. The largest absolute Gasteiger partial charge is 0.396 e. The van der Waals surface area contributed by atoms with Gasteiger partial charge in [0.05, 0.1) is 23.0 Å². The summed E-state index contributed by atoms with van der Waals surface area (Å²) in [6.07, 6.45) is 5.01. The molecule has 1 aromatic carbocycles. The fourth-order valence-electron chi connectivity index (χ4n) is 2.64. The van der Waals surface area contributed by atoms with Crippen molar-refractivity contribution >= 4 is 17.3 Å². The summed E-state index contributed by atoms with van der Waals surface area (Å²) >= 11 is 0. The van der Waals surface area contributed by atoms with Crippen molar-refractivity contribution in [3.63, 3.8) is 0 Å². The average molecular weight is 267 g/mol. The van der Waals surface area contributed by atoms with Crippen molar-refractivity contribution in [2.75, 3.05) is 17.7 Å². The van der Waals surface area contributed by atoms with Gasteiger partial charge in [-0.1, -0.05) is 30.3 Å². The van der Waals surface area contributed by atoms with Crippen LogP contribution in [-0.2, 0) is 10.2 Å². The van der Waals surface area contributed by atoms with Crippen molar-refractivity contribution in [2.45, 2.75) is 18.3 Å². The molecule has 0 unspecified atom stereocenters. The molecule has 0 atom stereocenters. The van der Waals surface area contributed by atoms with Gasteiger partial charge in [-0.25, -0.2) is 0 Å². The number of benzene rings is 1. The highest BCUT2D eigenvalue weighted by atomic mass is 16.2. The van der Waals surface area contributed by atoms with Gasteiger partial charge in [-0.15, -0.1) is 0 Å². The molecule has 4 heteroatoms. The third-order valence-corrected chi connectivity index (χ3v) is 3.98. The minimum absolute atomic E-state index is 0.0987. The van der Waals surface area contributed by atoms with Crippen LogP contribution in [0, 0.1) is 0 Å². The van der Waals surface area contributed by atoms with E-state index in [0.717, 1.165) is 18.4 Å². The van der Waals surface area contributed by atoms with Crippen LogP contribution in [0.3, 0.4) is 0 Å².